The van der Waals surface area contributed by atoms with E-state index in [9.17, 15) is 0 Å². The van der Waals surface area contributed by atoms with Gasteiger partial charge in [0.15, 0.2) is 0 Å². The molecule has 0 unspecified atom stereocenters. The molecule has 0 aliphatic heterocycles. The van der Waals surface area contributed by atoms with Gasteiger partial charge in [0.05, 0.1) is 22.1 Å². The lowest BCUT2D eigenvalue weighted by atomic mass is 9.63. The van der Waals surface area contributed by atoms with Crippen molar-refractivity contribution in [2.45, 2.75) is 57.9 Å². The number of rotatable bonds is 3. The van der Waals surface area contributed by atoms with Crippen LogP contribution in [0.5, 0.6) is 0 Å². The predicted octanol–water partition coefficient (Wildman–Crippen LogP) is 11.4. The Bertz CT molecular complexity index is 2440. The molecule has 0 atom stereocenters. The number of benzene rings is 6. The highest BCUT2D eigenvalue weighted by Gasteiger charge is 2.38. The molecular formula is C43H38N2. The quantitative estimate of drug-likeness (QED) is 0.196. The molecule has 45 heavy (non-hydrogen) atoms. The molecule has 0 saturated carbocycles. The molecule has 0 fully saturated rings. The maximum atomic E-state index is 2.55. The SMILES string of the molecule is CC1(C)CCC(C)(C)c2cc3c(cc21)c1cc2c(cc1n3-c1ccccc1)c1c3ccccc3ccc1n2Cc1ccccc1. The number of hydrogen-bond donors (Lipinski definition) is 0. The van der Waals surface area contributed by atoms with Crippen LogP contribution in [0.4, 0.5) is 0 Å². The smallest absolute Gasteiger partial charge is 0.0548 e. The second kappa shape index (κ2) is 9.34. The Labute approximate surface area is 264 Å². The first-order valence-electron chi connectivity index (χ1n) is 16.4. The maximum Gasteiger partial charge on any atom is 0.0548 e. The van der Waals surface area contributed by atoms with Crippen molar-refractivity contribution in [1.82, 2.24) is 9.13 Å². The fourth-order valence-electron chi connectivity index (χ4n) is 8.22. The third kappa shape index (κ3) is 3.88. The molecule has 0 bridgehead atoms. The fourth-order valence-corrected chi connectivity index (χ4v) is 8.22. The molecule has 0 amide bonds. The van der Waals surface area contributed by atoms with E-state index in [0.717, 1.165) is 6.54 Å². The van der Waals surface area contributed by atoms with E-state index in [1.165, 1.54) is 89.6 Å². The van der Waals surface area contributed by atoms with Gasteiger partial charge in [-0.15, -0.1) is 0 Å². The zero-order chi connectivity index (χ0) is 30.5. The van der Waals surface area contributed by atoms with Crippen LogP contribution < -0.4 is 0 Å². The van der Waals surface area contributed by atoms with Crippen LogP contribution in [0.3, 0.4) is 0 Å². The van der Waals surface area contributed by atoms with Crippen molar-refractivity contribution >= 4 is 54.4 Å². The molecule has 0 radical (unpaired) electrons. The van der Waals surface area contributed by atoms with Crippen molar-refractivity contribution in [1.29, 1.82) is 0 Å². The number of nitrogens with zero attached hydrogens (tertiary/aromatic N) is 2. The van der Waals surface area contributed by atoms with Crippen LogP contribution in [0.15, 0.2) is 121 Å². The van der Waals surface area contributed by atoms with Gasteiger partial charge in [0.2, 0.25) is 0 Å². The summed E-state index contributed by atoms with van der Waals surface area (Å²) in [6.45, 7) is 10.6. The van der Waals surface area contributed by atoms with Crippen LogP contribution in [0, 0.1) is 0 Å². The zero-order valence-corrected chi connectivity index (χ0v) is 26.6. The highest BCUT2D eigenvalue weighted by molar-refractivity contribution is 6.24. The number of hydrogen-bond acceptors (Lipinski definition) is 0. The van der Waals surface area contributed by atoms with E-state index in [4.69, 9.17) is 0 Å². The van der Waals surface area contributed by atoms with Gasteiger partial charge in [-0.3, -0.25) is 0 Å². The lowest BCUT2D eigenvalue weighted by Gasteiger charge is -2.42. The van der Waals surface area contributed by atoms with Crippen LogP contribution in [0.25, 0.3) is 60.1 Å². The number of aromatic nitrogens is 2. The van der Waals surface area contributed by atoms with Crippen molar-refractivity contribution in [3.63, 3.8) is 0 Å². The van der Waals surface area contributed by atoms with E-state index in [2.05, 4.69) is 158 Å². The summed E-state index contributed by atoms with van der Waals surface area (Å²) in [5.41, 5.74) is 11.0. The first-order chi connectivity index (χ1) is 21.8. The molecule has 220 valence electrons. The molecule has 8 aromatic rings. The summed E-state index contributed by atoms with van der Waals surface area (Å²) in [7, 11) is 0. The highest BCUT2D eigenvalue weighted by Crippen LogP contribution is 2.49. The van der Waals surface area contributed by atoms with Crippen LogP contribution in [-0.4, -0.2) is 9.13 Å². The maximum absolute atomic E-state index is 2.55. The Morgan fingerprint density at radius 1 is 0.511 bits per heavy atom. The van der Waals surface area contributed by atoms with Gasteiger partial charge in [-0.05, 0) is 93.6 Å². The van der Waals surface area contributed by atoms with Crippen LogP contribution in [-0.2, 0) is 17.4 Å². The van der Waals surface area contributed by atoms with Gasteiger partial charge in [0, 0.05) is 33.8 Å². The fraction of sp³-hybridized carbons (Fsp3) is 0.209. The normalized spacial score (nSPS) is 15.8. The van der Waals surface area contributed by atoms with Gasteiger partial charge >= 0.3 is 0 Å². The van der Waals surface area contributed by atoms with E-state index in [1.54, 1.807) is 0 Å². The lowest BCUT2D eigenvalue weighted by molar-refractivity contribution is 0.332. The second-order valence-corrected chi connectivity index (χ2v) is 14.5. The molecule has 0 N–H and O–H groups in total. The van der Waals surface area contributed by atoms with E-state index >= 15 is 0 Å². The van der Waals surface area contributed by atoms with Crippen LogP contribution in [0.1, 0.15) is 57.2 Å². The molecule has 0 spiro atoms. The van der Waals surface area contributed by atoms with Crippen LogP contribution >= 0.6 is 0 Å². The average Bonchev–Trinajstić information content (AvgIpc) is 3.54. The van der Waals surface area contributed by atoms with Gasteiger partial charge in [0.25, 0.3) is 0 Å². The summed E-state index contributed by atoms with van der Waals surface area (Å²) in [5.74, 6) is 0. The minimum atomic E-state index is 0.142. The summed E-state index contributed by atoms with van der Waals surface area (Å²) in [5, 5.41) is 7.92. The molecule has 1 aliphatic carbocycles. The molecule has 2 nitrogen and oxygen atoms in total. The number of para-hydroxylation sites is 1. The van der Waals surface area contributed by atoms with E-state index < -0.39 is 0 Å². The Hall–Kier alpha value is -4.82. The molecular weight excluding hydrogens is 544 g/mol. The molecule has 2 heterocycles. The monoisotopic (exact) mass is 582 g/mol. The molecule has 2 heteroatoms. The van der Waals surface area contributed by atoms with Gasteiger partial charge in [-0.1, -0.05) is 107 Å². The van der Waals surface area contributed by atoms with E-state index in [0.29, 0.717) is 0 Å². The van der Waals surface area contributed by atoms with Crippen molar-refractivity contribution in [2.24, 2.45) is 0 Å². The summed E-state index contributed by atoms with van der Waals surface area (Å²) in [6, 6.07) is 45.4. The Morgan fingerprint density at radius 3 is 1.87 bits per heavy atom. The largest absolute Gasteiger partial charge is 0.336 e. The lowest BCUT2D eigenvalue weighted by Crippen LogP contribution is -2.33. The second-order valence-electron chi connectivity index (χ2n) is 14.5. The molecule has 6 aromatic carbocycles. The van der Waals surface area contributed by atoms with Crippen molar-refractivity contribution < 1.29 is 0 Å². The van der Waals surface area contributed by atoms with Gasteiger partial charge < -0.3 is 9.13 Å². The van der Waals surface area contributed by atoms with Gasteiger partial charge in [-0.25, -0.2) is 0 Å². The first kappa shape index (κ1) is 26.6. The Kier molecular flexibility index (Phi) is 5.52. The zero-order valence-electron chi connectivity index (χ0n) is 26.6. The third-order valence-corrected chi connectivity index (χ3v) is 10.8. The van der Waals surface area contributed by atoms with Crippen molar-refractivity contribution in [3.05, 3.63) is 138 Å². The van der Waals surface area contributed by atoms with Gasteiger partial charge in [-0.2, -0.15) is 0 Å². The van der Waals surface area contributed by atoms with Crippen LogP contribution in [0.2, 0.25) is 0 Å². The van der Waals surface area contributed by atoms with E-state index in [-0.39, 0.29) is 10.8 Å². The summed E-state index contributed by atoms with van der Waals surface area (Å²) < 4.78 is 5.07. The predicted molar refractivity (Wildman–Crippen MR) is 192 cm³/mol. The summed E-state index contributed by atoms with van der Waals surface area (Å²) in [4.78, 5) is 0. The molecule has 1 aliphatic rings. The molecule has 2 aromatic heterocycles. The number of fused-ring (bicyclic) bond motifs is 9. The molecule has 9 rings (SSSR count). The Morgan fingerprint density at radius 2 is 1.11 bits per heavy atom. The first-order valence-corrected chi connectivity index (χ1v) is 16.4. The minimum Gasteiger partial charge on any atom is -0.336 e. The van der Waals surface area contributed by atoms with E-state index in [1.807, 2.05) is 0 Å². The Balaban J connectivity index is 1.47. The summed E-state index contributed by atoms with van der Waals surface area (Å²) >= 11 is 0. The van der Waals surface area contributed by atoms with Crippen molar-refractivity contribution in [3.8, 4) is 5.69 Å². The molecule has 0 saturated heterocycles. The van der Waals surface area contributed by atoms with Gasteiger partial charge in [0.1, 0.15) is 0 Å². The average molecular weight is 583 g/mol. The van der Waals surface area contributed by atoms with Crippen molar-refractivity contribution in [2.75, 3.05) is 0 Å². The summed E-state index contributed by atoms with van der Waals surface area (Å²) in [6.07, 6.45) is 2.41. The third-order valence-electron chi connectivity index (χ3n) is 10.8. The standard InChI is InChI=1S/C43H38N2/c1-42(2)21-22-43(3,4)36-26-40-32(23-35(36)42)33-24-38-34(25-39(33)45(40)30-16-9-6-10-17-30)41-31-18-12-11-15-29(31)19-20-37(41)44(38)27-28-13-7-5-8-14-28/h5-20,23-26H,21-22,27H2,1-4H3. The minimum absolute atomic E-state index is 0.142. The topological polar surface area (TPSA) is 9.86 Å². The highest BCUT2D eigenvalue weighted by atomic mass is 15.0.